The van der Waals surface area contributed by atoms with Gasteiger partial charge in [-0.25, -0.2) is 0 Å². The van der Waals surface area contributed by atoms with Crippen molar-refractivity contribution in [1.29, 1.82) is 0 Å². The van der Waals surface area contributed by atoms with Crippen LogP contribution < -0.4 is 0 Å². The van der Waals surface area contributed by atoms with Gasteiger partial charge >= 0.3 is 0 Å². The SMILES string of the molecule is C/C=C/c1c(C)cc(C)cc1O. The van der Waals surface area contributed by atoms with Crippen LogP contribution in [-0.4, -0.2) is 5.11 Å². The first-order valence-corrected chi connectivity index (χ1v) is 4.08. The van der Waals surface area contributed by atoms with E-state index in [0.29, 0.717) is 5.75 Å². The van der Waals surface area contributed by atoms with E-state index in [2.05, 4.69) is 6.07 Å². The largest absolute Gasteiger partial charge is 0.507 e. The van der Waals surface area contributed by atoms with Crippen molar-refractivity contribution >= 4 is 6.08 Å². The Hall–Kier alpha value is -1.24. The minimum atomic E-state index is 0.366. The molecule has 0 saturated carbocycles. The quantitative estimate of drug-likeness (QED) is 0.673. The number of hydrogen-bond acceptors (Lipinski definition) is 1. The van der Waals surface area contributed by atoms with Crippen LogP contribution in [0.15, 0.2) is 18.2 Å². The minimum Gasteiger partial charge on any atom is -0.507 e. The van der Waals surface area contributed by atoms with Gasteiger partial charge in [-0.3, -0.25) is 0 Å². The van der Waals surface area contributed by atoms with Crippen LogP contribution in [0.1, 0.15) is 23.6 Å². The third-order valence-electron chi connectivity index (χ3n) is 1.84. The van der Waals surface area contributed by atoms with E-state index in [1.165, 1.54) is 0 Å². The van der Waals surface area contributed by atoms with Crippen LogP contribution in [0.3, 0.4) is 0 Å². The first-order chi connectivity index (χ1) is 5.65. The molecule has 0 unspecified atom stereocenters. The van der Waals surface area contributed by atoms with E-state index in [9.17, 15) is 5.11 Å². The fourth-order valence-electron chi connectivity index (χ4n) is 1.34. The summed E-state index contributed by atoms with van der Waals surface area (Å²) in [6.45, 7) is 5.92. The molecule has 0 heterocycles. The van der Waals surface area contributed by atoms with Crippen molar-refractivity contribution in [2.75, 3.05) is 0 Å². The van der Waals surface area contributed by atoms with Gasteiger partial charge in [-0.2, -0.15) is 0 Å². The number of aromatic hydroxyl groups is 1. The molecule has 0 bridgehead atoms. The number of hydrogen-bond donors (Lipinski definition) is 1. The molecule has 64 valence electrons. The molecule has 0 aliphatic carbocycles. The molecule has 1 N–H and O–H groups in total. The maximum Gasteiger partial charge on any atom is 0.123 e. The van der Waals surface area contributed by atoms with E-state index >= 15 is 0 Å². The van der Waals surface area contributed by atoms with Crippen LogP contribution in [0.5, 0.6) is 5.75 Å². The molecule has 0 aliphatic rings. The Balaban J connectivity index is 3.28. The molecule has 0 fully saturated rings. The van der Waals surface area contributed by atoms with Crippen molar-refractivity contribution < 1.29 is 5.11 Å². The van der Waals surface area contributed by atoms with Gasteiger partial charge in [-0.15, -0.1) is 0 Å². The topological polar surface area (TPSA) is 20.2 Å². The number of phenolic OH excluding ortho intramolecular Hbond substituents is 1. The summed E-state index contributed by atoms with van der Waals surface area (Å²) in [7, 11) is 0. The van der Waals surface area contributed by atoms with Crippen molar-refractivity contribution in [2.24, 2.45) is 0 Å². The molecule has 1 aromatic carbocycles. The van der Waals surface area contributed by atoms with Crippen LogP contribution in [0.25, 0.3) is 6.08 Å². The molecule has 1 nitrogen and oxygen atoms in total. The first-order valence-electron chi connectivity index (χ1n) is 4.08. The van der Waals surface area contributed by atoms with Gasteiger partial charge in [-0.1, -0.05) is 18.2 Å². The van der Waals surface area contributed by atoms with Crippen molar-refractivity contribution in [3.63, 3.8) is 0 Å². The van der Waals surface area contributed by atoms with Gasteiger partial charge in [-0.05, 0) is 38.0 Å². The lowest BCUT2D eigenvalue weighted by Gasteiger charge is -2.04. The number of rotatable bonds is 1. The Labute approximate surface area is 73.4 Å². The highest BCUT2D eigenvalue weighted by atomic mass is 16.3. The van der Waals surface area contributed by atoms with Gasteiger partial charge in [0.1, 0.15) is 5.75 Å². The highest BCUT2D eigenvalue weighted by Gasteiger charge is 2.01. The van der Waals surface area contributed by atoms with Gasteiger partial charge in [0, 0.05) is 5.56 Å². The molecule has 0 spiro atoms. The number of phenols is 1. The second kappa shape index (κ2) is 3.44. The summed E-state index contributed by atoms with van der Waals surface area (Å²) in [6, 6.07) is 3.84. The average molecular weight is 162 g/mol. The average Bonchev–Trinajstić information content (AvgIpc) is 1.96. The zero-order valence-corrected chi connectivity index (χ0v) is 7.76. The number of benzene rings is 1. The fourth-order valence-corrected chi connectivity index (χ4v) is 1.34. The Morgan fingerprint density at radius 2 is 1.92 bits per heavy atom. The Kier molecular flexibility index (Phi) is 2.54. The molecule has 1 heteroatoms. The van der Waals surface area contributed by atoms with Crippen LogP contribution in [0, 0.1) is 13.8 Å². The molecule has 0 radical (unpaired) electrons. The molecule has 1 aromatic rings. The molecule has 1 rings (SSSR count). The maximum absolute atomic E-state index is 9.55. The van der Waals surface area contributed by atoms with Crippen LogP contribution in [-0.2, 0) is 0 Å². The lowest BCUT2D eigenvalue weighted by molar-refractivity contribution is 0.473. The minimum absolute atomic E-state index is 0.366. The molecule has 0 aliphatic heterocycles. The fraction of sp³-hybridized carbons (Fsp3) is 0.273. The monoisotopic (exact) mass is 162 g/mol. The highest BCUT2D eigenvalue weighted by Crippen LogP contribution is 2.23. The third-order valence-corrected chi connectivity index (χ3v) is 1.84. The molecule has 0 amide bonds. The van der Waals surface area contributed by atoms with E-state index in [0.717, 1.165) is 16.7 Å². The summed E-state index contributed by atoms with van der Waals surface area (Å²) in [5.41, 5.74) is 3.13. The molecular weight excluding hydrogens is 148 g/mol. The Morgan fingerprint density at radius 3 is 2.42 bits per heavy atom. The summed E-state index contributed by atoms with van der Waals surface area (Å²) in [6.07, 6.45) is 3.85. The normalized spacial score (nSPS) is 10.9. The lowest BCUT2D eigenvalue weighted by atomic mass is 10.0. The van der Waals surface area contributed by atoms with E-state index in [4.69, 9.17) is 0 Å². The molecular formula is C11H14O. The predicted molar refractivity (Wildman–Crippen MR) is 52.3 cm³/mol. The zero-order chi connectivity index (χ0) is 9.14. The zero-order valence-electron chi connectivity index (χ0n) is 7.76. The van der Waals surface area contributed by atoms with E-state index in [1.54, 1.807) is 6.07 Å². The smallest absolute Gasteiger partial charge is 0.123 e. The van der Waals surface area contributed by atoms with Gasteiger partial charge < -0.3 is 5.11 Å². The molecule has 0 aromatic heterocycles. The van der Waals surface area contributed by atoms with Gasteiger partial charge in [0.15, 0.2) is 0 Å². The lowest BCUT2D eigenvalue weighted by Crippen LogP contribution is -1.83. The molecule has 12 heavy (non-hydrogen) atoms. The summed E-state index contributed by atoms with van der Waals surface area (Å²) in [5.74, 6) is 0.366. The van der Waals surface area contributed by atoms with Crippen LogP contribution in [0.4, 0.5) is 0 Å². The number of aryl methyl sites for hydroxylation is 2. The summed E-state index contributed by atoms with van der Waals surface area (Å²) in [4.78, 5) is 0. The van der Waals surface area contributed by atoms with Gasteiger partial charge in [0.2, 0.25) is 0 Å². The Morgan fingerprint density at radius 1 is 1.25 bits per heavy atom. The second-order valence-corrected chi connectivity index (χ2v) is 3.01. The van der Waals surface area contributed by atoms with Crippen molar-refractivity contribution in [1.82, 2.24) is 0 Å². The van der Waals surface area contributed by atoms with Crippen molar-refractivity contribution in [3.05, 3.63) is 34.9 Å². The van der Waals surface area contributed by atoms with Gasteiger partial charge in [0.25, 0.3) is 0 Å². The third kappa shape index (κ3) is 1.67. The predicted octanol–water partition coefficient (Wildman–Crippen LogP) is 3.04. The first kappa shape index (κ1) is 8.85. The summed E-state index contributed by atoms with van der Waals surface area (Å²) >= 11 is 0. The number of allylic oxidation sites excluding steroid dienone is 1. The second-order valence-electron chi connectivity index (χ2n) is 3.01. The summed E-state index contributed by atoms with van der Waals surface area (Å²) < 4.78 is 0. The molecule has 0 saturated heterocycles. The maximum atomic E-state index is 9.55. The standard InChI is InChI=1S/C11H14O/c1-4-5-10-9(3)6-8(2)7-11(10)12/h4-7,12H,1-3H3/b5-4+. The van der Waals surface area contributed by atoms with E-state index < -0.39 is 0 Å². The highest BCUT2D eigenvalue weighted by molar-refractivity contribution is 5.61. The van der Waals surface area contributed by atoms with Crippen LogP contribution in [0.2, 0.25) is 0 Å². The van der Waals surface area contributed by atoms with Crippen molar-refractivity contribution in [2.45, 2.75) is 20.8 Å². The van der Waals surface area contributed by atoms with Crippen LogP contribution >= 0.6 is 0 Å². The van der Waals surface area contributed by atoms with Gasteiger partial charge in [0.05, 0.1) is 0 Å². The summed E-state index contributed by atoms with van der Waals surface area (Å²) in [5, 5.41) is 9.55. The van der Waals surface area contributed by atoms with E-state index in [1.807, 2.05) is 32.9 Å². The molecule has 0 atom stereocenters. The Bertz CT molecular complexity index is 288. The van der Waals surface area contributed by atoms with Crippen molar-refractivity contribution in [3.8, 4) is 5.75 Å². The van der Waals surface area contributed by atoms with E-state index in [-0.39, 0.29) is 0 Å².